The lowest BCUT2D eigenvalue weighted by Gasteiger charge is -2.21. The Bertz CT molecular complexity index is 801. The molecule has 0 saturated carbocycles. The molecule has 1 heterocycles. The summed E-state index contributed by atoms with van der Waals surface area (Å²) in [5.74, 6) is -1.92. The highest BCUT2D eigenvalue weighted by atomic mass is 32.2. The molecule has 1 aromatic carbocycles. The van der Waals surface area contributed by atoms with Crippen molar-refractivity contribution in [2.75, 3.05) is 32.3 Å². The number of amides is 1. The number of benzene rings is 1. The van der Waals surface area contributed by atoms with Gasteiger partial charge < -0.3 is 14.8 Å². The lowest BCUT2D eigenvalue weighted by Crippen LogP contribution is -2.42. The number of esters is 2. The van der Waals surface area contributed by atoms with Crippen molar-refractivity contribution in [2.24, 2.45) is 0 Å². The van der Waals surface area contributed by atoms with Crippen molar-refractivity contribution < 1.29 is 32.3 Å². The molecule has 1 amide bonds. The molecule has 0 spiro atoms. The maximum atomic E-state index is 12.5. The van der Waals surface area contributed by atoms with Gasteiger partial charge in [0.2, 0.25) is 15.9 Å². The largest absolute Gasteiger partial charge is 0.465 e. The summed E-state index contributed by atoms with van der Waals surface area (Å²) in [6, 6.07) is 3.13. The zero-order chi connectivity index (χ0) is 19.5. The highest BCUT2D eigenvalue weighted by molar-refractivity contribution is 7.88. The fourth-order valence-electron chi connectivity index (χ4n) is 2.80. The lowest BCUT2D eigenvalue weighted by molar-refractivity contribution is -0.119. The minimum absolute atomic E-state index is 0.0529. The molecule has 142 valence electrons. The van der Waals surface area contributed by atoms with Crippen molar-refractivity contribution in [1.82, 2.24) is 4.31 Å². The molecule has 1 fully saturated rings. The van der Waals surface area contributed by atoms with E-state index < -0.39 is 33.9 Å². The van der Waals surface area contributed by atoms with E-state index in [9.17, 15) is 22.8 Å². The van der Waals surface area contributed by atoms with Crippen LogP contribution < -0.4 is 5.32 Å². The molecule has 1 atom stereocenters. The normalized spacial score (nSPS) is 17.6. The first-order valence-corrected chi connectivity index (χ1v) is 9.61. The summed E-state index contributed by atoms with van der Waals surface area (Å²) >= 11 is 0. The SMILES string of the molecule is COC(=O)c1cc(NC(=O)C2CCCN2S(C)(=O)=O)cc(C(=O)OC)c1. The van der Waals surface area contributed by atoms with Gasteiger partial charge in [-0.15, -0.1) is 0 Å². The van der Waals surface area contributed by atoms with Gasteiger partial charge in [0.25, 0.3) is 0 Å². The Morgan fingerprint density at radius 3 is 2.08 bits per heavy atom. The van der Waals surface area contributed by atoms with E-state index >= 15 is 0 Å². The van der Waals surface area contributed by atoms with Gasteiger partial charge in [-0.1, -0.05) is 0 Å². The van der Waals surface area contributed by atoms with Crippen LogP contribution in [0.5, 0.6) is 0 Å². The van der Waals surface area contributed by atoms with E-state index in [2.05, 4.69) is 14.8 Å². The van der Waals surface area contributed by atoms with Gasteiger partial charge in [0, 0.05) is 12.2 Å². The Morgan fingerprint density at radius 2 is 1.62 bits per heavy atom. The van der Waals surface area contributed by atoms with Crippen molar-refractivity contribution in [3.05, 3.63) is 29.3 Å². The van der Waals surface area contributed by atoms with Gasteiger partial charge in [-0.3, -0.25) is 4.79 Å². The molecule has 0 radical (unpaired) electrons. The first-order valence-electron chi connectivity index (χ1n) is 7.76. The Kier molecular flexibility index (Phi) is 5.98. The molecule has 1 unspecified atom stereocenters. The topological polar surface area (TPSA) is 119 Å². The third-order valence-electron chi connectivity index (χ3n) is 3.98. The molecule has 1 aliphatic rings. The second kappa shape index (κ2) is 7.83. The van der Waals surface area contributed by atoms with E-state index in [1.807, 2.05) is 0 Å². The van der Waals surface area contributed by atoms with Crippen LogP contribution in [0.3, 0.4) is 0 Å². The average molecular weight is 384 g/mol. The van der Waals surface area contributed by atoms with Crippen LogP contribution >= 0.6 is 0 Å². The molecule has 1 aromatic rings. The zero-order valence-corrected chi connectivity index (χ0v) is 15.5. The Morgan fingerprint density at radius 1 is 1.08 bits per heavy atom. The molecule has 1 N–H and O–H groups in total. The summed E-state index contributed by atoms with van der Waals surface area (Å²) < 4.78 is 34.0. The molecular formula is C16H20N2O7S. The molecule has 0 aromatic heterocycles. The number of carbonyl (C=O) groups excluding carboxylic acids is 3. The highest BCUT2D eigenvalue weighted by Gasteiger charge is 2.36. The summed E-state index contributed by atoms with van der Waals surface area (Å²) in [6.45, 7) is 0.270. The molecule has 2 rings (SSSR count). The number of hydrogen-bond acceptors (Lipinski definition) is 7. The van der Waals surface area contributed by atoms with Crippen LogP contribution in [0.15, 0.2) is 18.2 Å². The van der Waals surface area contributed by atoms with Gasteiger partial charge in [-0.2, -0.15) is 4.31 Å². The average Bonchev–Trinajstić information content (AvgIpc) is 3.10. The van der Waals surface area contributed by atoms with Crippen molar-refractivity contribution in [3.63, 3.8) is 0 Å². The molecule has 0 bridgehead atoms. The number of hydrogen-bond donors (Lipinski definition) is 1. The molecule has 10 heteroatoms. The number of methoxy groups -OCH3 is 2. The van der Waals surface area contributed by atoms with Crippen molar-refractivity contribution in [1.29, 1.82) is 0 Å². The summed E-state index contributed by atoms with van der Waals surface area (Å²) in [5.41, 5.74) is 0.271. The summed E-state index contributed by atoms with van der Waals surface area (Å²) in [4.78, 5) is 36.1. The van der Waals surface area contributed by atoms with Gasteiger partial charge >= 0.3 is 11.9 Å². The maximum Gasteiger partial charge on any atom is 0.337 e. The maximum absolute atomic E-state index is 12.5. The second-order valence-corrected chi connectivity index (χ2v) is 7.74. The Labute approximate surface area is 151 Å². The first kappa shape index (κ1) is 19.9. The van der Waals surface area contributed by atoms with E-state index in [1.165, 1.54) is 32.4 Å². The number of carbonyl (C=O) groups is 3. The smallest absolute Gasteiger partial charge is 0.337 e. The van der Waals surface area contributed by atoms with Crippen LogP contribution in [-0.2, 0) is 24.3 Å². The first-order chi connectivity index (χ1) is 12.2. The standard InChI is InChI=1S/C16H20N2O7S/c1-24-15(20)10-7-11(16(21)25-2)9-12(8-10)17-14(19)13-5-4-6-18(13)26(3,22)23/h7-9,13H,4-6H2,1-3H3,(H,17,19). The number of ether oxygens (including phenoxy) is 2. The monoisotopic (exact) mass is 384 g/mol. The molecule has 1 saturated heterocycles. The van der Waals surface area contributed by atoms with Gasteiger partial charge in [-0.25, -0.2) is 18.0 Å². The third kappa shape index (κ3) is 4.38. The number of anilines is 1. The third-order valence-corrected chi connectivity index (χ3v) is 5.26. The van der Waals surface area contributed by atoms with E-state index in [0.717, 1.165) is 10.6 Å². The van der Waals surface area contributed by atoms with E-state index in [0.29, 0.717) is 12.8 Å². The Hall–Kier alpha value is -2.46. The van der Waals surface area contributed by atoms with Gasteiger partial charge in [0.05, 0.1) is 31.6 Å². The minimum atomic E-state index is -3.52. The van der Waals surface area contributed by atoms with Crippen LogP contribution in [0.1, 0.15) is 33.6 Å². The Balaban J connectivity index is 2.31. The number of rotatable bonds is 5. The number of nitrogens with one attached hydrogen (secondary N) is 1. The zero-order valence-electron chi connectivity index (χ0n) is 14.6. The summed E-state index contributed by atoms with van der Waals surface area (Å²) in [5, 5.41) is 2.56. The van der Waals surface area contributed by atoms with Crippen molar-refractivity contribution in [3.8, 4) is 0 Å². The van der Waals surface area contributed by atoms with Gasteiger partial charge in [0.1, 0.15) is 6.04 Å². The van der Waals surface area contributed by atoms with Gasteiger partial charge in [-0.05, 0) is 31.0 Å². The summed E-state index contributed by atoms with van der Waals surface area (Å²) in [6.07, 6.45) is 2.01. The van der Waals surface area contributed by atoms with Gasteiger partial charge in [0.15, 0.2) is 0 Å². The number of sulfonamides is 1. The molecule has 9 nitrogen and oxygen atoms in total. The molecular weight excluding hydrogens is 364 g/mol. The lowest BCUT2D eigenvalue weighted by atomic mass is 10.1. The quantitative estimate of drug-likeness (QED) is 0.739. The predicted octanol–water partition coefficient (Wildman–Crippen LogP) is 0.622. The highest BCUT2D eigenvalue weighted by Crippen LogP contribution is 2.23. The van der Waals surface area contributed by atoms with Crippen LogP contribution in [0.2, 0.25) is 0 Å². The predicted molar refractivity (Wildman–Crippen MR) is 92.3 cm³/mol. The fraction of sp³-hybridized carbons (Fsp3) is 0.438. The van der Waals surface area contributed by atoms with Crippen LogP contribution in [0.25, 0.3) is 0 Å². The molecule has 26 heavy (non-hydrogen) atoms. The van der Waals surface area contributed by atoms with E-state index in [1.54, 1.807) is 0 Å². The van der Waals surface area contributed by atoms with Crippen molar-refractivity contribution in [2.45, 2.75) is 18.9 Å². The fourth-order valence-corrected chi connectivity index (χ4v) is 3.92. The number of nitrogens with zero attached hydrogens (tertiary/aromatic N) is 1. The molecule has 1 aliphatic heterocycles. The van der Waals surface area contributed by atoms with Crippen LogP contribution in [-0.4, -0.2) is 63.6 Å². The minimum Gasteiger partial charge on any atom is -0.465 e. The van der Waals surface area contributed by atoms with Crippen LogP contribution in [0, 0.1) is 0 Å². The molecule has 0 aliphatic carbocycles. The second-order valence-electron chi connectivity index (χ2n) is 5.80. The van der Waals surface area contributed by atoms with E-state index in [4.69, 9.17) is 0 Å². The van der Waals surface area contributed by atoms with Crippen molar-refractivity contribution >= 4 is 33.6 Å². The summed E-state index contributed by atoms with van der Waals surface area (Å²) in [7, 11) is -1.14. The van der Waals surface area contributed by atoms with Crippen LogP contribution in [0.4, 0.5) is 5.69 Å². The van der Waals surface area contributed by atoms with E-state index in [-0.39, 0.29) is 23.4 Å².